The van der Waals surface area contributed by atoms with Crippen LogP contribution in [0.15, 0.2) is 12.2 Å². The van der Waals surface area contributed by atoms with Gasteiger partial charge in [-0.1, -0.05) is 26.0 Å². The van der Waals surface area contributed by atoms with Crippen molar-refractivity contribution < 1.29 is 10.2 Å². The topological polar surface area (TPSA) is 40.5 Å². The van der Waals surface area contributed by atoms with Crippen molar-refractivity contribution in [2.24, 2.45) is 22.7 Å². The molecule has 4 heteroatoms. The fourth-order valence-corrected chi connectivity index (χ4v) is 6.83. The molecule has 0 amide bonds. The summed E-state index contributed by atoms with van der Waals surface area (Å²) in [4.78, 5) is 0. The molecule has 0 aromatic carbocycles. The number of fused-ring (bicyclic) bond motifs is 2. The van der Waals surface area contributed by atoms with E-state index in [-0.39, 0.29) is 26.9 Å². The minimum Gasteiger partial charge on any atom is -0.392 e. The summed E-state index contributed by atoms with van der Waals surface area (Å²) in [6.45, 7) is 13.1. The Morgan fingerprint density at radius 1 is 1.12 bits per heavy atom. The Bertz CT molecular complexity index is 540. The van der Waals surface area contributed by atoms with Gasteiger partial charge in [0, 0.05) is 10.00 Å². The van der Waals surface area contributed by atoms with Crippen molar-refractivity contribution >= 4 is 25.3 Å². The third kappa shape index (κ3) is 2.62. The first-order chi connectivity index (χ1) is 10.8. The van der Waals surface area contributed by atoms with E-state index in [1.807, 2.05) is 13.8 Å². The number of thiol groups is 2. The van der Waals surface area contributed by atoms with Crippen LogP contribution >= 0.6 is 25.3 Å². The molecule has 2 N–H and O–H groups in total. The summed E-state index contributed by atoms with van der Waals surface area (Å²) < 4.78 is -0.316. The molecule has 0 spiro atoms. The van der Waals surface area contributed by atoms with Gasteiger partial charge in [0.25, 0.3) is 0 Å². The van der Waals surface area contributed by atoms with Crippen molar-refractivity contribution in [3.05, 3.63) is 12.2 Å². The molecule has 7 atom stereocenters. The highest BCUT2D eigenvalue weighted by molar-refractivity contribution is 7.81. The van der Waals surface area contributed by atoms with E-state index < -0.39 is 5.60 Å². The summed E-state index contributed by atoms with van der Waals surface area (Å²) >= 11 is 9.43. The Labute approximate surface area is 158 Å². The van der Waals surface area contributed by atoms with Crippen LogP contribution in [0.1, 0.15) is 66.2 Å². The molecule has 4 saturated carbocycles. The fourth-order valence-electron chi connectivity index (χ4n) is 5.95. The van der Waals surface area contributed by atoms with Gasteiger partial charge in [0.05, 0.1) is 11.7 Å². The van der Waals surface area contributed by atoms with E-state index in [1.54, 1.807) is 0 Å². The SMILES string of the molecule is C=C(C[C@]12C[C@H](C1(C)C)[C@@](C)(O)[C@@H](S)C2)[C@H]1CC[C@@H](O)[C@](C)(S)C1. The standard InChI is InChI=1S/C20H34O2S2/c1-12(13-6-7-15(21)18(4,24)9-13)8-20-10-14(17(20,2)3)19(5,22)16(23)11-20/h13-16,21-24H,1,6-11H2,2-5H3/t13-,14+,15+,16-,18+,19+,20+/m0/s1. The maximum atomic E-state index is 10.8. The lowest BCUT2D eigenvalue weighted by atomic mass is 9.35. The number of rotatable bonds is 3. The van der Waals surface area contributed by atoms with Gasteiger partial charge in [0.2, 0.25) is 0 Å². The molecule has 4 aliphatic carbocycles. The molecule has 0 heterocycles. The second-order valence-electron chi connectivity index (χ2n) is 9.89. The molecule has 2 nitrogen and oxygen atoms in total. The van der Waals surface area contributed by atoms with E-state index in [9.17, 15) is 10.2 Å². The molecule has 0 aliphatic heterocycles. The Kier molecular flexibility index (Phi) is 4.52. The zero-order valence-corrected chi connectivity index (χ0v) is 17.3. The fraction of sp³-hybridized carbons (Fsp3) is 0.900. The number of aliphatic hydroxyl groups excluding tert-OH is 1. The van der Waals surface area contributed by atoms with Gasteiger partial charge in [-0.15, -0.1) is 0 Å². The normalized spacial score (nSPS) is 53.3. The molecule has 2 bridgehead atoms. The van der Waals surface area contributed by atoms with Gasteiger partial charge < -0.3 is 10.2 Å². The minimum atomic E-state index is -0.672. The average Bonchev–Trinajstić information content (AvgIpc) is 2.45. The lowest BCUT2D eigenvalue weighted by Crippen LogP contribution is -2.71. The molecule has 0 unspecified atom stereocenters. The minimum absolute atomic E-state index is 0.0420. The third-order valence-electron chi connectivity index (χ3n) is 8.11. The maximum absolute atomic E-state index is 10.8. The van der Waals surface area contributed by atoms with Gasteiger partial charge in [-0.05, 0) is 75.0 Å². The Hall–Kier alpha value is 0.360. The second kappa shape index (κ2) is 5.68. The monoisotopic (exact) mass is 370 g/mol. The van der Waals surface area contributed by atoms with Gasteiger partial charge in [0.1, 0.15) is 0 Å². The summed E-state index contributed by atoms with van der Waals surface area (Å²) in [7, 11) is 0. The number of aliphatic hydroxyl groups is 2. The zero-order chi connectivity index (χ0) is 18.1. The molecular formula is C20H34O2S2. The molecule has 0 aromatic rings. The average molecular weight is 371 g/mol. The quantitative estimate of drug-likeness (QED) is 0.443. The summed E-state index contributed by atoms with van der Waals surface area (Å²) in [6.07, 6.45) is 5.46. The smallest absolute Gasteiger partial charge is 0.0769 e. The number of hydrogen-bond donors (Lipinski definition) is 4. The molecule has 4 fully saturated rings. The molecule has 0 aromatic heterocycles. The van der Waals surface area contributed by atoms with Crippen molar-refractivity contribution in [2.75, 3.05) is 0 Å². The first-order valence-corrected chi connectivity index (χ1v) is 10.3. The Balaban J connectivity index is 1.74. The molecular weight excluding hydrogens is 336 g/mol. The van der Waals surface area contributed by atoms with E-state index in [0.717, 1.165) is 38.5 Å². The van der Waals surface area contributed by atoms with Gasteiger partial charge >= 0.3 is 0 Å². The molecule has 0 saturated heterocycles. The van der Waals surface area contributed by atoms with Gasteiger partial charge in [0.15, 0.2) is 0 Å². The van der Waals surface area contributed by atoms with E-state index >= 15 is 0 Å². The number of allylic oxidation sites excluding steroid dienone is 1. The van der Waals surface area contributed by atoms with Gasteiger partial charge in [-0.2, -0.15) is 25.3 Å². The van der Waals surface area contributed by atoms with Crippen LogP contribution in [-0.2, 0) is 0 Å². The largest absolute Gasteiger partial charge is 0.392 e. The van der Waals surface area contributed by atoms with Crippen LogP contribution in [0.2, 0.25) is 0 Å². The van der Waals surface area contributed by atoms with Crippen LogP contribution in [0.3, 0.4) is 0 Å². The van der Waals surface area contributed by atoms with Gasteiger partial charge in [-0.3, -0.25) is 0 Å². The first kappa shape index (κ1) is 19.1. The van der Waals surface area contributed by atoms with Crippen LogP contribution in [0, 0.1) is 22.7 Å². The Morgan fingerprint density at radius 2 is 1.75 bits per heavy atom. The van der Waals surface area contributed by atoms with Crippen molar-refractivity contribution in [3.63, 3.8) is 0 Å². The Morgan fingerprint density at radius 3 is 2.29 bits per heavy atom. The van der Waals surface area contributed by atoms with Crippen LogP contribution in [-0.4, -0.2) is 31.9 Å². The lowest BCUT2D eigenvalue weighted by Gasteiger charge is -2.72. The zero-order valence-electron chi connectivity index (χ0n) is 15.5. The summed E-state index contributed by atoms with van der Waals surface area (Å²) in [5.74, 6) is 0.762. The van der Waals surface area contributed by atoms with Crippen molar-refractivity contribution in [1.29, 1.82) is 0 Å². The highest BCUT2D eigenvalue weighted by Crippen LogP contribution is 2.73. The van der Waals surface area contributed by atoms with Crippen molar-refractivity contribution in [1.82, 2.24) is 0 Å². The predicted molar refractivity (Wildman–Crippen MR) is 107 cm³/mol. The highest BCUT2D eigenvalue weighted by atomic mass is 32.1. The molecule has 0 radical (unpaired) electrons. The predicted octanol–water partition coefficient (Wildman–Crippen LogP) is 4.27. The molecule has 4 aliphatic rings. The van der Waals surface area contributed by atoms with Crippen molar-refractivity contribution in [2.45, 2.75) is 87.9 Å². The number of hydrogen-bond acceptors (Lipinski definition) is 4. The van der Waals surface area contributed by atoms with Crippen LogP contribution in [0.5, 0.6) is 0 Å². The second-order valence-corrected chi connectivity index (χ2v) is 11.5. The molecule has 4 rings (SSSR count). The van der Waals surface area contributed by atoms with Gasteiger partial charge in [-0.25, -0.2) is 0 Å². The van der Waals surface area contributed by atoms with Crippen LogP contribution in [0.25, 0.3) is 0 Å². The van der Waals surface area contributed by atoms with E-state index in [0.29, 0.717) is 11.8 Å². The van der Waals surface area contributed by atoms with Crippen LogP contribution in [0.4, 0.5) is 0 Å². The lowest BCUT2D eigenvalue weighted by molar-refractivity contribution is -0.246. The molecule has 24 heavy (non-hydrogen) atoms. The summed E-state index contributed by atoms with van der Waals surface area (Å²) in [5, 5.41) is 21.0. The highest BCUT2D eigenvalue weighted by Gasteiger charge is 2.70. The summed E-state index contributed by atoms with van der Waals surface area (Å²) in [5.41, 5.74) is 0.980. The maximum Gasteiger partial charge on any atom is 0.0769 e. The summed E-state index contributed by atoms with van der Waals surface area (Å²) in [6, 6.07) is 0. The third-order valence-corrected chi connectivity index (χ3v) is 9.29. The van der Waals surface area contributed by atoms with Crippen LogP contribution < -0.4 is 0 Å². The van der Waals surface area contributed by atoms with E-state index in [1.165, 1.54) is 5.57 Å². The molecule has 138 valence electrons. The van der Waals surface area contributed by atoms with E-state index in [2.05, 4.69) is 20.4 Å². The van der Waals surface area contributed by atoms with E-state index in [4.69, 9.17) is 25.3 Å². The van der Waals surface area contributed by atoms with Crippen molar-refractivity contribution in [3.8, 4) is 0 Å². The first-order valence-electron chi connectivity index (χ1n) is 9.32.